The van der Waals surface area contributed by atoms with Crippen molar-refractivity contribution >= 4 is 11.9 Å². The summed E-state index contributed by atoms with van der Waals surface area (Å²) in [6.07, 6.45) is 3.38. The van der Waals surface area contributed by atoms with Gasteiger partial charge in [0, 0.05) is 19.5 Å². The summed E-state index contributed by atoms with van der Waals surface area (Å²) in [6, 6.07) is 0. The van der Waals surface area contributed by atoms with E-state index in [4.69, 9.17) is 10.8 Å². The third kappa shape index (κ3) is 3.98. The number of nitrogens with two attached hydrogens (primary N) is 1. The van der Waals surface area contributed by atoms with Gasteiger partial charge in [-0.1, -0.05) is 6.92 Å². The van der Waals surface area contributed by atoms with Gasteiger partial charge in [-0.2, -0.15) is 0 Å². The Bertz CT molecular complexity index is 315. The molecule has 0 saturated carbocycles. The van der Waals surface area contributed by atoms with Crippen LogP contribution in [-0.4, -0.2) is 40.5 Å². The Morgan fingerprint density at radius 3 is 2.72 bits per heavy atom. The Balaban J connectivity index is 2.53. The van der Waals surface area contributed by atoms with Gasteiger partial charge in [0.15, 0.2) is 0 Å². The molecule has 0 spiro atoms. The lowest BCUT2D eigenvalue weighted by molar-refractivity contribution is -0.138. The van der Waals surface area contributed by atoms with E-state index in [0.717, 1.165) is 19.4 Å². The molecule has 1 rings (SSSR count). The number of carboxylic acids is 1. The van der Waals surface area contributed by atoms with Crippen molar-refractivity contribution < 1.29 is 14.7 Å². The molecule has 1 saturated heterocycles. The van der Waals surface area contributed by atoms with Gasteiger partial charge in [-0.3, -0.25) is 9.59 Å². The van der Waals surface area contributed by atoms with Gasteiger partial charge in [-0.15, -0.1) is 0 Å². The second-order valence-electron chi connectivity index (χ2n) is 5.46. The molecular formula is C13H24N2O3. The molecule has 0 aromatic heterocycles. The highest BCUT2D eigenvalue weighted by Gasteiger charge is 2.33. The fraction of sp³-hybridized carbons (Fsp3) is 0.846. The maximum Gasteiger partial charge on any atom is 0.303 e. The summed E-state index contributed by atoms with van der Waals surface area (Å²) >= 11 is 0. The van der Waals surface area contributed by atoms with Crippen LogP contribution in [-0.2, 0) is 9.59 Å². The van der Waals surface area contributed by atoms with E-state index in [9.17, 15) is 9.59 Å². The highest BCUT2D eigenvalue weighted by Crippen LogP contribution is 2.23. The van der Waals surface area contributed by atoms with Crippen LogP contribution in [0.4, 0.5) is 0 Å². The highest BCUT2D eigenvalue weighted by molar-refractivity contribution is 5.85. The van der Waals surface area contributed by atoms with Gasteiger partial charge in [0.1, 0.15) is 0 Å². The number of hydrogen-bond donors (Lipinski definition) is 2. The van der Waals surface area contributed by atoms with Crippen molar-refractivity contribution in [3.05, 3.63) is 0 Å². The minimum Gasteiger partial charge on any atom is -0.481 e. The van der Waals surface area contributed by atoms with E-state index in [-0.39, 0.29) is 12.3 Å². The van der Waals surface area contributed by atoms with E-state index in [1.165, 1.54) is 0 Å². The quantitative estimate of drug-likeness (QED) is 0.774. The van der Waals surface area contributed by atoms with Crippen LogP contribution < -0.4 is 5.73 Å². The molecule has 1 aliphatic heterocycles. The average molecular weight is 256 g/mol. The van der Waals surface area contributed by atoms with E-state index in [1.54, 1.807) is 11.8 Å². The molecule has 104 valence electrons. The summed E-state index contributed by atoms with van der Waals surface area (Å²) in [4.78, 5) is 24.6. The first kappa shape index (κ1) is 15.0. The smallest absolute Gasteiger partial charge is 0.303 e. The van der Waals surface area contributed by atoms with Gasteiger partial charge >= 0.3 is 5.97 Å². The van der Waals surface area contributed by atoms with Crippen LogP contribution in [0.1, 0.15) is 46.0 Å². The molecule has 2 unspecified atom stereocenters. The summed E-state index contributed by atoms with van der Waals surface area (Å²) in [5.41, 5.74) is 5.18. The minimum atomic E-state index is -0.797. The number of rotatable bonds is 5. The second-order valence-corrected chi connectivity index (χ2v) is 5.46. The number of likely N-dealkylation sites (tertiary alicyclic amines) is 1. The Morgan fingerprint density at radius 1 is 1.50 bits per heavy atom. The number of carboxylic acid groups (broad SMARTS) is 1. The minimum absolute atomic E-state index is 0.00924. The molecule has 0 aromatic carbocycles. The molecule has 0 aliphatic carbocycles. The highest BCUT2D eigenvalue weighted by atomic mass is 16.4. The summed E-state index contributed by atoms with van der Waals surface area (Å²) in [6.45, 7) is 5.06. The first-order chi connectivity index (χ1) is 8.36. The van der Waals surface area contributed by atoms with Gasteiger partial charge < -0.3 is 15.7 Å². The van der Waals surface area contributed by atoms with Crippen molar-refractivity contribution in [2.75, 3.05) is 13.1 Å². The number of nitrogens with zero attached hydrogens (tertiary/aromatic N) is 1. The number of carbonyl (C=O) groups is 2. The normalized spacial score (nSPS) is 23.5. The monoisotopic (exact) mass is 256 g/mol. The van der Waals surface area contributed by atoms with Crippen molar-refractivity contribution in [3.63, 3.8) is 0 Å². The molecule has 1 heterocycles. The standard InChI is InChI=1S/C13H24N2O3/c1-3-13(2,14)12(18)15-8-4-5-10(9-15)6-7-11(16)17/h10H,3-9,14H2,1-2H3,(H,16,17). The molecule has 1 amide bonds. The number of hydrogen-bond acceptors (Lipinski definition) is 3. The fourth-order valence-electron chi connectivity index (χ4n) is 2.33. The lowest BCUT2D eigenvalue weighted by Crippen LogP contribution is -2.55. The van der Waals surface area contributed by atoms with Crippen LogP contribution in [0.25, 0.3) is 0 Å². The van der Waals surface area contributed by atoms with Crippen LogP contribution >= 0.6 is 0 Å². The van der Waals surface area contributed by atoms with Crippen molar-refractivity contribution in [2.24, 2.45) is 11.7 Å². The Kier molecular flexibility index (Phi) is 5.14. The maximum atomic E-state index is 12.2. The zero-order valence-electron chi connectivity index (χ0n) is 11.3. The Labute approximate surface area is 108 Å². The Morgan fingerprint density at radius 2 is 2.17 bits per heavy atom. The van der Waals surface area contributed by atoms with Crippen molar-refractivity contribution in [1.29, 1.82) is 0 Å². The molecule has 1 aliphatic rings. The third-order valence-electron chi connectivity index (χ3n) is 3.80. The molecule has 2 atom stereocenters. The van der Waals surface area contributed by atoms with Gasteiger partial charge in [-0.25, -0.2) is 0 Å². The van der Waals surface area contributed by atoms with Gasteiger partial charge in [0.25, 0.3) is 0 Å². The summed E-state index contributed by atoms with van der Waals surface area (Å²) < 4.78 is 0. The maximum absolute atomic E-state index is 12.2. The number of carbonyl (C=O) groups excluding carboxylic acids is 1. The predicted octanol–water partition coefficient (Wildman–Crippen LogP) is 1.22. The van der Waals surface area contributed by atoms with E-state index in [2.05, 4.69) is 0 Å². The number of amides is 1. The van der Waals surface area contributed by atoms with Crippen molar-refractivity contribution in [2.45, 2.75) is 51.5 Å². The zero-order valence-corrected chi connectivity index (χ0v) is 11.3. The molecule has 0 bridgehead atoms. The molecule has 3 N–H and O–H groups in total. The molecule has 18 heavy (non-hydrogen) atoms. The molecule has 1 fully saturated rings. The van der Waals surface area contributed by atoms with Crippen LogP contribution in [0.15, 0.2) is 0 Å². The third-order valence-corrected chi connectivity index (χ3v) is 3.80. The van der Waals surface area contributed by atoms with E-state index < -0.39 is 11.5 Å². The lowest BCUT2D eigenvalue weighted by Gasteiger charge is -2.37. The largest absolute Gasteiger partial charge is 0.481 e. The van der Waals surface area contributed by atoms with E-state index >= 15 is 0 Å². The summed E-state index contributed by atoms with van der Waals surface area (Å²) in [5.74, 6) is -0.479. The van der Waals surface area contributed by atoms with Crippen LogP contribution in [0.5, 0.6) is 0 Å². The lowest BCUT2D eigenvalue weighted by atomic mass is 9.91. The molecule has 0 radical (unpaired) electrons. The average Bonchev–Trinajstić information content (AvgIpc) is 2.35. The molecule has 5 nitrogen and oxygen atoms in total. The van der Waals surface area contributed by atoms with Crippen LogP contribution in [0.2, 0.25) is 0 Å². The van der Waals surface area contributed by atoms with Gasteiger partial charge in [0.2, 0.25) is 5.91 Å². The first-order valence-corrected chi connectivity index (χ1v) is 6.67. The molecule has 5 heteroatoms. The van der Waals surface area contributed by atoms with Crippen molar-refractivity contribution in [3.8, 4) is 0 Å². The van der Waals surface area contributed by atoms with E-state index in [0.29, 0.717) is 25.3 Å². The van der Waals surface area contributed by atoms with E-state index in [1.807, 2.05) is 6.92 Å². The van der Waals surface area contributed by atoms with Crippen LogP contribution in [0, 0.1) is 5.92 Å². The number of aliphatic carboxylic acids is 1. The summed E-state index contributed by atoms with van der Waals surface area (Å²) in [7, 11) is 0. The topological polar surface area (TPSA) is 83.6 Å². The summed E-state index contributed by atoms with van der Waals surface area (Å²) in [5, 5.41) is 8.69. The zero-order chi connectivity index (χ0) is 13.8. The predicted molar refractivity (Wildman–Crippen MR) is 69.1 cm³/mol. The van der Waals surface area contributed by atoms with Crippen LogP contribution in [0.3, 0.4) is 0 Å². The SMILES string of the molecule is CCC(C)(N)C(=O)N1CCCC(CCC(=O)O)C1. The molecular weight excluding hydrogens is 232 g/mol. The number of piperidine rings is 1. The van der Waals surface area contributed by atoms with Gasteiger partial charge in [0.05, 0.1) is 5.54 Å². The second kappa shape index (κ2) is 6.18. The van der Waals surface area contributed by atoms with Crippen molar-refractivity contribution in [1.82, 2.24) is 4.90 Å². The first-order valence-electron chi connectivity index (χ1n) is 6.67. The fourth-order valence-corrected chi connectivity index (χ4v) is 2.33. The van der Waals surface area contributed by atoms with Gasteiger partial charge in [-0.05, 0) is 38.5 Å². The Hall–Kier alpha value is -1.10. The molecule has 0 aromatic rings.